The van der Waals surface area contributed by atoms with Gasteiger partial charge in [-0.05, 0) is 36.8 Å². The molecule has 2 rings (SSSR count). The lowest BCUT2D eigenvalue weighted by molar-refractivity contribution is -0.119. The molecule has 0 aliphatic carbocycles. The molecule has 5 heteroatoms. The summed E-state index contributed by atoms with van der Waals surface area (Å²) in [4.78, 5) is 26.2. The van der Waals surface area contributed by atoms with Crippen molar-refractivity contribution in [1.29, 1.82) is 0 Å². The van der Waals surface area contributed by atoms with Gasteiger partial charge in [-0.15, -0.1) is 0 Å². The van der Waals surface area contributed by atoms with Crippen molar-refractivity contribution in [2.75, 3.05) is 12.4 Å². The number of likely N-dealkylation sites (N-methyl/N-ethyl adjacent to an activating group) is 1. The SMILES string of the molecule is CNC(=O)Cc1ccc(NC(=O)c2ccc(C)[nH]2)cc1. The normalized spacial score (nSPS) is 10.1. The molecule has 20 heavy (non-hydrogen) atoms. The molecule has 0 saturated heterocycles. The molecule has 1 aromatic carbocycles. The lowest BCUT2D eigenvalue weighted by Crippen LogP contribution is -2.19. The first-order valence-corrected chi connectivity index (χ1v) is 6.35. The summed E-state index contributed by atoms with van der Waals surface area (Å²) in [7, 11) is 1.61. The van der Waals surface area contributed by atoms with Crippen molar-refractivity contribution >= 4 is 17.5 Å². The second-order valence-corrected chi connectivity index (χ2v) is 4.56. The quantitative estimate of drug-likeness (QED) is 0.794. The van der Waals surface area contributed by atoms with E-state index in [1.54, 1.807) is 25.2 Å². The summed E-state index contributed by atoms with van der Waals surface area (Å²) in [6.45, 7) is 1.89. The average Bonchev–Trinajstić information content (AvgIpc) is 2.87. The van der Waals surface area contributed by atoms with Crippen LogP contribution in [0, 0.1) is 6.92 Å². The number of aromatic amines is 1. The van der Waals surface area contributed by atoms with Gasteiger partial charge >= 0.3 is 0 Å². The maximum absolute atomic E-state index is 11.9. The van der Waals surface area contributed by atoms with Crippen molar-refractivity contribution < 1.29 is 9.59 Å². The van der Waals surface area contributed by atoms with Crippen LogP contribution in [0.2, 0.25) is 0 Å². The number of H-pyrrole nitrogens is 1. The van der Waals surface area contributed by atoms with Crippen LogP contribution in [-0.2, 0) is 11.2 Å². The van der Waals surface area contributed by atoms with Gasteiger partial charge < -0.3 is 15.6 Å². The molecule has 0 atom stereocenters. The van der Waals surface area contributed by atoms with E-state index >= 15 is 0 Å². The summed E-state index contributed by atoms with van der Waals surface area (Å²) < 4.78 is 0. The van der Waals surface area contributed by atoms with Crippen molar-refractivity contribution in [3.63, 3.8) is 0 Å². The topological polar surface area (TPSA) is 74.0 Å². The molecule has 0 unspecified atom stereocenters. The predicted molar refractivity (Wildman–Crippen MR) is 77.7 cm³/mol. The number of anilines is 1. The van der Waals surface area contributed by atoms with Gasteiger partial charge in [0.15, 0.2) is 0 Å². The third kappa shape index (κ3) is 3.47. The fourth-order valence-electron chi connectivity index (χ4n) is 1.81. The molecule has 0 aliphatic rings. The molecule has 3 N–H and O–H groups in total. The van der Waals surface area contributed by atoms with E-state index in [0.717, 1.165) is 11.3 Å². The van der Waals surface area contributed by atoms with Crippen LogP contribution in [0.3, 0.4) is 0 Å². The van der Waals surface area contributed by atoms with Crippen LogP contribution >= 0.6 is 0 Å². The lowest BCUT2D eigenvalue weighted by atomic mass is 10.1. The van der Waals surface area contributed by atoms with E-state index in [0.29, 0.717) is 17.8 Å². The summed E-state index contributed by atoms with van der Waals surface area (Å²) in [5.41, 5.74) is 3.06. The molecule has 0 spiro atoms. The van der Waals surface area contributed by atoms with E-state index in [1.807, 2.05) is 25.1 Å². The van der Waals surface area contributed by atoms with Crippen molar-refractivity contribution in [3.8, 4) is 0 Å². The van der Waals surface area contributed by atoms with E-state index in [4.69, 9.17) is 0 Å². The molecule has 5 nitrogen and oxygen atoms in total. The highest BCUT2D eigenvalue weighted by atomic mass is 16.2. The average molecular weight is 271 g/mol. The number of nitrogens with one attached hydrogen (secondary N) is 3. The molecule has 2 aromatic rings. The van der Waals surface area contributed by atoms with E-state index in [-0.39, 0.29) is 11.8 Å². The third-order valence-corrected chi connectivity index (χ3v) is 2.93. The smallest absolute Gasteiger partial charge is 0.272 e. The fraction of sp³-hybridized carbons (Fsp3) is 0.200. The second-order valence-electron chi connectivity index (χ2n) is 4.56. The largest absolute Gasteiger partial charge is 0.359 e. The monoisotopic (exact) mass is 271 g/mol. The van der Waals surface area contributed by atoms with Gasteiger partial charge in [0, 0.05) is 18.4 Å². The molecule has 104 valence electrons. The Labute approximate surface area is 117 Å². The molecule has 0 radical (unpaired) electrons. The standard InChI is InChI=1S/C15H17N3O2/c1-10-3-8-13(17-10)15(20)18-12-6-4-11(5-7-12)9-14(19)16-2/h3-8,17H,9H2,1-2H3,(H,16,19)(H,18,20). The minimum absolute atomic E-state index is 0.0383. The zero-order valence-electron chi connectivity index (χ0n) is 11.5. The van der Waals surface area contributed by atoms with Crippen LogP contribution in [0.15, 0.2) is 36.4 Å². The van der Waals surface area contributed by atoms with Crippen molar-refractivity contribution in [3.05, 3.63) is 53.3 Å². The summed E-state index contributed by atoms with van der Waals surface area (Å²) in [5, 5.41) is 5.37. The van der Waals surface area contributed by atoms with Crippen LogP contribution in [-0.4, -0.2) is 23.8 Å². The van der Waals surface area contributed by atoms with Gasteiger partial charge in [0.1, 0.15) is 5.69 Å². The number of rotatable bonds is 4. The highest BCUT2D eigenvalue weighted by Crippen LogP contribution is 2.12. The summed E-state index contributed by atoms with van der Waals surface area (Å²) in [6.07, 6.45) is 0.334. The maximum atomic E-state index is 11.9. The van der Waals surface area contributed by atoms with Crippen molar-refractivity contribution in [1.82, 2.24) is 10.3 Å². The van der Waals surface area contributed by atoms with Crippen LogP contribution in [0.1, 0.15) is 21.7 Å². The van der Waals surface area contributed by atoms with Crippen LogP contribution in [0.5, 0.6) is 0 Å². The summed E-state index contributed by atoms with van der Waals surface area (Å²) in [5.74, 6) is -0.221. The molecule has 1 aromatic heterocycles. The number of amides is 2. The minimum atomic E-state index is -0.183. The lowest BCUT2D eigenvalue weighted by Gasteiger charge is -2.05. The van der Waals surface area contributed by atoms with Gasteiger partial charge in [-0.3, -0.25) is 9.59 Å². The highest BCUT2D eigenvalue weighted by Gasteiger charge is 2.07. The number of hydrogen-bond donors (Lipinski definition) is 3. The van der Waals surface area contributed by atoms with E-state index in [1.165, 1.54) is 0 Å². The van der Waals surface area contributed by atoms with Gasteiger partial charge in [-0.2, -0.15) is 0 Å². The number of carbonyl (C=O) groups is 2. The highest BCUT2D eigenvalue weighted by molar-refractivity contribution is 6.03. The Morgan fingerprint density at radius 2 is 1.80 bits per heavy atom. The van der Waals surface area contributed by atoms with E-state index in [2.05, 4.69) is 15.6 Å². The van der Waals surface area contributed by atoms with Crippen molar-refractivity contribution in [2.45, 2.75) is 13.3 Å². The molecule has 0 fully saturated rings. The molecule has 1 heterocycles. The number of aromatic nitrogens is 1. The molecule has 0 bridgehead atoms. The Bertz CT molecular complexity index is 614. The van der Waals surface area contributed by atoms with Gasteiger partial charge in [-0.1, -0.05) is 12.1 Å². The Morgan fingerprint density at radius 3 is 2.35 bits per heavy atom. The molecule has 2 amide bonds. The molecule has 0 saturated carbocycles. The Morgan fingerprint density at radius 1 is 1.10 bits per heavy atom. The zero-order valence-corrected chi connectivity index (χ0v) is 11.5. The van der Waals surface area contributed by atoms with E-state index < -0.39 is 0 Å². The first-order valence-electron chi connectivity index (χ1n) is 6.35. The van der Waals surface area contributed by atoms with Crippen LogP contribution in [0.4, 0.5) is 5.69 Å². The first kappa shape index (κ1) is 13.9. The molecular formula is C15H17N3O2. The fourth-order valence-corrected chi connectivity index (χ4v) is 1.81. The van der Waals surface area contributed by atoms with Gasteiger partial charge in [-0.25, -0.2) is 0 Å². The zero-order chi connectivity index (χ0) is 14.5. The Hall–Kier alpha value is -2.56. The molecular weight excluding hydrogens is 254 g/mol. The third-order valence-electron chi connectivity index (χ3n) is 2.93. The predicted octanol–water partition coefficient (Wildman–Crippen LogP) is 1.86. The Balaban J connectivity index is 2.00. The molecule has 0 aliphatic heterocycles. The van der Waals surface area contributed by atoms with E-state index in [9.17, 15) is 9.59 Å². The first-order chi connectivity index (χ1) is 9.58. The summed E-state index contributed by atoms with van der Waals surface area (Å²) >= 11 is 0. The van der Waals surface area contributed by atoms with Gasteiger partial charge in [0.2, 0.25) is 5.91 Å². The minimum Gasteiger partial charge on any atom is -0.359 e. The number of aryl methyl sites for hydroxylation is 1. The van der Waals surface area contributed by atoms with Crippen LogP contribution in [0.25, 0.3) is 0 Å². The Kier molecular flexibility index (Phi) is 4.20. The summed E-state index contributed by atoms with van der Waals surface area (Å²) in [6, 6.07) is 10.8. The van der Waals surface area contributed by atoms with Crippen LogP contribution < -0.4 is 10.6 Å². The second kappa shape index (κ2) is 6.06. The number of hydrogen-bond acceptors (Lipinski definition) is 2. The van der Waals surface area contributed by atoms with Gasteiger partial charge in [0.25, 0.3) is 5.91 Å². The maximum Gasteiger partial charge on any atom is 0.272 e. The number of carbonyl (C=O) groups excluding carboxylic acids is 2. The number of benzene rings is 1. The van der Waals surface area contributed by atoms with Crippen molar-refractivity contribution in [2.24, 2.45) is 0 Å². The van der Waals surface area contributed by atoms with Gasteiger partial charge in [0.05, 0.1) is 6.42 Å².